The quantitative estimate of drug-likeness (QED) is 0.842. The molecule has 0 spiro atoms. The van der Waals surface area contributed by atoms with Gasteiger partial charge in [0.25, 0.3) is 0 Å². The Morgan fingerprint density at radius 3 is 2.44 bits per heavy atom. The Labute approximate surface area is 96.8 Å². The Bertz CT molecular complexity index is 412. The Balaban J connectivity index is 2.88. The van der Waals surface area contributed by atoms with Gasteiger partial charge in [0.15, 0.2) is 0 Å². The first-order chi connectivity index (χ1) is 7.60. The maximum atomic E-state index is 8.72. The minimum atomic E-state index is 0.243. The molecular formula is C13H17N3. The zero-order chi connectivity index (χ0) is 12.1. The summed E-state index contributed by atoms with van der Waals surface area (Å²) in [5.41, 5.74) is 8.37. The van der Waals surface area contributed by atoms with Gasteiger partial charge >= 0.3 is 0 Å². The third kappa shape index (κ3) is 2.54. The summed E-state index contributed by atoms with van der Waals surface area (Å²) in [4.78, 5) is 2.10. The molecule has 1 atom stereocenters. The SMILES string of the molecule is C/C(=C/N)N(C)C(C)c1ccc(C#N)cc1. The van der Waals surface area contributed by atoms with Crippen molar-refractivity contribution in [3.63, 3.8) is 0 Å². The lowest BCUT2D eigenvalue weighted by Crippen LogP contribution is -2.21. The van der Waals surface area contributed by atoms with E-state index in [9.17, 15) is 0 Å². The summed E-state index contributed by atoms with van der Waals surface area (Å²) in [5.74, 6) is 0. The Hall–Kier alpha value is -1.95. The molecular weight excluding hydrogens is 198 g/mol. The average molecular weight is 215 g/mol. The molecule has 0 fully saturated rings. The number of allylic oxidation sites excluding steroid dienone is 1. The molecule has 1 rings (SSSR count). The van der Waals surface area contributed by atoms with Gasteiger partial charge in [-0.15, -0.1) is 0 Å². The van der Waals surface area contributed by atoms with E-state index in [0.717, 1.165) is 5.70 Å². The van der Waals surface area contributed by atoms with Gasteiger partial charge in [-0.25, -0.2) is 0 Å². The van der Waals surface area contributed by atoms with E-state index in [1.54, 1.807) is 6.20 Å². The van der Waals surface area contributed by atoms with Crippen molar-refractivity contribution in [3.05, 3.63) is 47.3 Å². The number of benzene rings is 1. The maximum absolute atomic E-state index is 8.72. The predicted molar refractivity (Wildman–Crippen MR) is 65.3 cm³/mol. The summed E-state index contributed by atoms with van der Waals surface area (Å²) in [6, 6.07) is 9.97. The van der Waals surface area contributed by atoms with Crippen LogP contribution in [-0.2, 0) is 0 Å². The van der Waals surface area contributed by atoms with Crippen LogP contribution in [0.3, 0.4) is 0 Å². The van der Waals surface area contributed by atoms with E-state index < -0.39 is 0 Å². The van der Waals surface area contributed by atoms with Crippen LogP contribution in [0.15, 0.2) is 36.2 Å². The fourth-order valence-electron chi connectivity index (χ4n) is 1.48. The zero-order valence-corrected chi connectivity index (χ0v) is 9.94. The molecule has 0 amide bonds. The van der Waals surface area contributed by atoms with Crippen molar-refractivity contribution < 1.29 is 0 Å². The fourth-order valence-corrected chi connectivity index (χ4v) is 1.48. The highest BCUT2D eigenvalue weighted by Gasteiger charge is 2.11. The normalized spacial score (nSPS) is 13.0. The standard InChI is InChI=1S/C13H17N3/c1-10(8-14)16(3)11(2)13-6-4-12(9-15)5-7-13/h4-8,11H,14H2,1-3H3/b10-8-. The van der Waals surface area contributed by atoms with Gasteiger partial charge in [0.2, 0.25) is 0 Å². The Kier molecular flexibility index (Phi) is 3.96. The molecule has 0 aliphatic carbocycles. The molecule has 3 heteroatoms. The molecule has 2 N–H and O–H groups in total. The van der Waals surface area contributed by atoms with Crippen LogP contribution in [0.2, 0.25) is 0 Å². The van der Waals surface area contributed by atoms with Crippen molar-refractivity contribution in [2.75, 3.05) is 7.05 Å². The summed E-state index contributed by atoms with van der Waals surface area (Å²) in [6.45, 7) is 4.08. The van der Waals surface area contributed by atoms with Gasteiger partial charge in [-0.3, -0.25) is 0 Å². The van der Waals surface area contributed by atoms with E-state index >= 15 is 0 Å². The monoisotopic (exact) mass is 215 g/mol. The van der Waals surface area contributed by atoms with Gasteiger partial charge < -0.3 is 10.6 Å². The van der Waals surface area contributed by atoms with Crippen molar-refractivity contribution in [2.24, 2.45) is 5.73 Å². The first kappa shape index (κ1) is 12.1. The van der Waals surface area contributed by atoms with E-state index in [0.29, 0.717) is 5.56 Å². The van der Waals surface area contributed by atoms with Crippen LogP contribution >= 0.6 is 0 Å². The topological polar surface area (TPSA) is 53.0 Å². The number of hydrogen-bond donors (Lipinski definition) is 1. The average Bonchev–Trinajstić information content (AvgIpc) is 2.36. The molecule has 3 nitrogen and oxygen atoms in total. The molecule has 16 heavy (non-hydrogen) atoms. The van der Waals surface area contributed by atoms with E-state index in [4.69, 9.17) is 11.0 Å². The van der Waals surface area contributed by atoms with Crippen molar-refractivity contribution in [3.8, 4) is 6.07 Å². The molecule has 0 aliphatic rings. The highest BCUT2D eigenvalue weighted by atomic mass is 15.1. The molecule has 0 saturated carbocycles. The van der Waals surface area contributed by atoms with Gasteiger partial charge in [-0.2, -0.15) is 5.26 Å². The second-order valence-electron chi connectivity index (χ2n) is 3.83. The second-order valence-corrected chi connectivity index (χ2v) is 3.83. The van der Waals surface area contributed by atoms with Crippen molar-refractivity contribution >= 4 is 0 Å². The lowest BCUT2D eigenvalue weighted by atomic mass is 10.1. The van der Waals surface area contributed by atoms with Crippen molar-refractivity contribution in [1.82, 2.24) is 4.90 Å². The molecule has 0 saturated heterocycles. The molecule has 0 radical (unpaired) electrons. The minimum Gasteiger partial charge on any atom is -0.403 e. The molecule has 0 aliphatic heterocycles. The smallest absolute Gasteiger partial charge is 0.0991 e. The van der Waals surface area contributed by atoms with Crippen molar-refractivity contribution in [1.29, 1.82) is 5.26 Å². The molecule has 0 aromatic heterocycles. The molecule has 1 aromatic rings. The third-order valence-corrected chi connectivity index (χ3v) is 2.90. The summed E-state index contributed by atoms with van der Waals surface area (Å²) in [6.07, 6.45) is 1.60. The highest BCUT2D eigenvalue weighted by molar-refractivity contribution is 5.33. The molecule has 1 unspecified atom stereocenters. The first-order valence-corrected chi connectivity index (χ1v) is 5.21. The van der Waals surface area contributed by atoms with Crippen molar-refractivity contribution in [2.45, 2.75) is 19.9 Å². The number of rotatable bonds is 3. The van der Waals surface area contributed by atoms with E-state index in [2.05, 4.69) is 17.9 Å². The fraction of sp³-hybridized carbons (Fsp3) is 0.308. The first-order valence-electron chi connectivity index (χ1n) is 5.21. The Morgan fingerprint density at radius 2 is 2.00 bits per heavy atom. The summed E-state index contributed by atoms with van der Waals surface area (Å²) < 4.78 is 0. The van der Waals surface area contributed by atoms with Crippen LogP contribution in [0.4, 0.5) is 0 Å². The largest absolute Gasteiger partial charge is 0.403 e. The van der Waals surface area contributed by atoms with Crippen LogP contribution in [0.5, 0.6) is 0 Å². The zero-order valence-electron chi connectivity index (χ0n) is 9.94. The minimum absolute atomic E-state index is 0.243. The van der Waals surface area contributed by atoms with Crippen LogP contribution < -0.4 is 5.73 Å². The molecule has 84 valence electrons. The van der Waals surface area contributed by atoms with Gasteiger partial charge in [0.05, 0.1) is 17.7 Å². The van der Waals surface area contributed by atoms with E-state index in [1.165, 1.54) is 5.56 Å². The number of nitrogens with two attached hydrogens (primary N) is 1. The predicted octanol–water partition coefficient (Wildman–Crippen LogP) is 2.37. The van der Waals surface area contributed by atoms with Crippen LogP contribution in [0.1, 0.15) is 31.0 Å². The number of hydrogen-bond acceptors (Lipinski definition) is 3. The van der Waals surface area contributed by atoms with E-state index in [-0.39, 0.29) is 6.04 Å². The van der Waals surface area contributed by atoms with Crippen LogP contribution in [-0.4, -0.2) is 11.9 Å². The second kappa shape index (κ2) is 5.22. The molecule has 0 bridgehead atoms. The maximum Gasteiger partial charge on any atom is 0.0991 e. The van der Waals surface area contributed by atoms with Crippen LogP contribution in [0.25, 0.3) is 0 Å². The number of nitrogens with zero attached hydrogens (tertiary/aromatic N) is 2. The van der Waals surface area contributed by atoms with Crippen LogP contribution in [0, 0.1) is 11.3 Å². The molecule has 0 heterocycles. The van der Waals surface area contributed by atoms with Gasteiger partial charge in [-0.1, -0.05) is 12.1 Å². The van der Waals surface area contributed by atoms with Gasteiger partial charge in [-0.05, 0) is 31.5 Å². The lowest BCUT2D eigenvalue weighted by molar-refractivity contribution is 0.330. The van der Waals surface area contributed by atoms with Gasteiger partial charge in [0.1, 0.15) is 0 Å². The Morgan fingerprint density at radius 1 is 1.44 bits per heavy atom. The highest BCUT2D eigenvalue weighted by Crippen LogP contribution is 2.21. The summed E-state index contributed by atoms with van der Waals surface area (Å²) >= 11 is 0. The van der Waals surface area contributed by atoms with Gasteiger partial charge in [0, 0.05) is 18.9 Å². The third-order valence-electron chi connectivity index (χ3n) is 2.90. The number of nitriles is 1. The molecule has 1 aromatic carbocycles. The summed E-state index contributed by atoms with van der Waals surface area (Å²) in [5, 5.41) is 8.72. The summed E-state index contributed by atoms with van der Waals surface area (Å²) in [7, 11) is 2.00. The van der Waals surface area contributed by atoms with E-state index in [1.807, 2.05) is 38.2 Å². The lowest BCUT2D eigenvalue weighted by Gasteiger charge is -2.27.